The van der Waals surface area contributed by atoms with Crippen molar-refractivity contribution in [3.05, 3.63) is 54.6 Å². The number of nitrogens with two attached hydrogens (primary N) is 1. The molecule has 0 aliphatic carbocycles. The van der Waals surface area contributed by atoms with Gasteiger partial charge in [-0.25, -0.2) is 10.2 Å². The number of carbonyl (C=O) groups is 2. The molecule has 0 bridgehead atoms. The quantitative estimate of drug-likeness (QED) is 0.478. The Morgan fingerprint density at radius 3 is 2.52 bits per heavy atom. The maximum absolute atomic E-state index is 12.3. The second-order valence-corrected chi connectivity index (χ2v) is 8.32. The fourth-order valence-electron chi connectivity index (χ4n) is 3.91. The fourth-order valence-corrected chi connectivity index (χ4v) is 3.91. The number of nitrogens with zero attached hydrogens (tertiary/aromatic N) is 2. The average molecular weight is 454 g/mol. The van der Waals surface area contributed by atoms with Gasteiger partial charge in [-0.1, -0.05) is 48.5 Å². The first-order valence-corrected chi connectivity index (χ1v) is 11.6. The number of ether oxygens (including phenoxy) is 1. The van der Waals surface area contributed by atoms with Crippen molar-refractivity contribution in [3.8, 4) is 11.1 Å². The van der Waals surface area contributed by atoms with Crippen molar-refractivity contribution < 1.29 is 14.3 Å². The lowest BCUT2D eigenvalue weighted by Crippen LogP contribution is -2.42. The molecular formula is C25H35N5O3. The Hall–Kier alpha value is -3.10. The van der Waals surface area contributed by atoms with Crippen molar-refractivity contribution in [3.63, 3.8) is 0 Å². The van der Waals surface area contributed by atoms with Crippen LogP contribution >= 0.6 is 0 Å². The van der Waals surface area contributed by atoms with Crippen LogP contribution in [0.4, 0.5) is 10.5 Å². The minimum atomic E-state index is -0.493. The first-order chi connectivity index (χ1) is 16.1. The van der Waals surface area contributed by atoms with Gasteiger partial charge in [0.15, 0.2) is 0 Å². The van der Waals surface area contributed by atoms with Gasteiger partial charge >= 0.3 is 6.09 Å². The van der Waals surface area contributed by atoms with Crippen LogP contribution in [0.5, 0.6) is 0 Å². The number of hydrogen-bond donors (Lipinski definition) is 3. The SMILES string of the molecule is CN(CCCN)C(=O)CCN1CCC(OC(=O)NNc2ccccc2-c2ccccc2)CC1. The summed E-state index contributed by atoms with van der Waals surface area (Å²) in [5.41, 5.74) is 14.0. The van der Waals surface area contributed by atoms with Crippen molar-refractivity contribution in [2.45, 2.75) is 31.8 Å². The molecule has 33 heavy (non-hydrogen) atoms. The Morgan fingerprint density at radius 2 is 1.79 bits per heavy atom. The summed E-state index contributed by atoms with van der Waals surface area (Å²) in [6.07, 6.45) is 2.21. The number of nitrogens with one attached hydrogen (secondary N) is 2. The Balaban J connectivity index is 1.38. The number of carbonyl (C=O) groups excluding carboxylic acids is 2. The third kappa shape index (κ3) is 7.76. The molecule has 3 rings (SSSR count). The van der Waals surface area contributed by atoms with Gasteiger partial charge in [-0.2, -0.15) is 0 Å². The van der Waals surface area contributed by atoms with Crippen LogP contribution in [0, 0.1) is 0 Å². The molecular weight excluding hydrogens is 418 g/mol. The van der Waals surface area contributed by atoms with Gasteiger partial charge in [-0.3, -0.25) is 10.2 Å². The van der Waals surface area contributed by atoms with E-state index in [0.29, 0.717) is 19.5 Å². The Bertz CT molecular complexity index is 885. The summed E-state index contributed by atoms with van der Waals surface area (Å²) in [5, 5.41) is 0. The molecule has 1 heterocycles. The van der Waals surface area contributed by atoms with Crippen LogP contribution in [-0.4, -0.2) is 67.7 Å². The molecule has 1 aliphatic rings. The van der Waals surface area contributed by atoms with Crippen LogP contribution in [-0.2, 0) is 9.53 Å². The van der Waals surface area contributed by atoms with E-state index >= 15 is 0 Å². The molecule has 2 amide bonds. The highest BCUT2D eigenvalue weighted by molar-refractivity contribution is 5.79. The van der Waals surface area contributed by atoms with E-state index in [2.05, 4.69) is 15.8 Å². The normalized spacial score (nSPS) is 14.5. The second kappa shape index (κ2) is 12.8. The molecule has 2 aromatic carbocycles. The third-order valence-corrected chi connectivity index (χ3v) is 5.88. The number of amides is 2. The summed E-state index contributed by atoms with van der Waals surface area (Å²) in [7, 11) is 1.82. The molecule has 1 fully saturated rings. The standard InChI is InChI=1S/C25H35N5O3/c1-29(16-7-15-26)24(31)14-19-30-17-12-21(13-18-30)33-25(32)28-27-23-11-6-5-10-22(23)20-8-3-2-4-9-20/h2-6,8-11,21,27H,7,12-19,26H2,1H3,(H,28,32). The van der Waals surface area contributed by atoms with Crippen molar-refractivity contribution in [2.24, 2.45) is 5.73 Å². The van der Waals surface area contributed by atoms with Gasteiger partial charge in [-0.05, 0) is 37.4 Å². The van der Waals surface area contributed by atoms with E-state index in [1.165, 1.54) is 0 Å². The van der Waals surface area contributed by atoms with Crippen molar-refractivity contribution in [1.29, 1.82) is 0 Å². The van der Waals surface area contributed by atoms with Crippen LogP contribution in [0.1, 0.15) is 25.7 Å². The largest absolute Gasteiger partial charge is 0.445 e. The number of para-hydroxylation sites is 1. The molecule has 0 unspecified atom stereocenters. The highest BCUT2D eigenvalue weighted by atomic mass is 16.6. The van der Waals surface area contributed by atoms with Crippen molar-refractivity contribution >= 4 is 17.7 Å². The van der Waals surface area contributed by atoms with E-state index in [1.807, 2.05) is 61.6 Å². The van der Waals surface area contributed by atoms with Crippen molar-refractivity contribution in [2.75, 3.05) is 45.2 Å². The highest BCUT2D eigenvalue weighted by Gasteiger charge is 2.23. The number of hydrogen-bond acceptors (Lipinski definition) is 6. The molecule has 0 spiro atoms. The monoisotopic (exact) mass is 453 g/mol. The van der Waals surface area contributed by atoms with Gasteiger partial charge in [0.25, 0.3) is 0 Å². The molecule has 4 N–H and O–H groups in total. The zero-order valence-electron chi connectivity index (χ0n) is 19.3. The van der Waals surface area contributed by atoms with Crippen molar-refractivity contribution in [1.82, 2.24) is 15.2 Å². The maximum atomic E-state index is 12.3. The third-order valence-electron chi connectivity index (χ3n) is 5.88. The highest BCUT2D eigenvalue weighted by Crippen LogP contribution is 2.27. The summed E-state index contributed by atoms with van der Waals surface area (Å²) >= 11 is 0. The number of piperidine rings is 1. The maximum Gasteiger partial charge on any atom is 0.426 e. The van der Waals surface area contributed by atoms with Gasteiger partial charge < -0.3 is 20.3 Å². The van der Waals surface area contributed by atoms with Gasteiger partial charge in [0, 0.05) is 45.2 Å². The molecule has 8 nitrogen and oxygen atoms in total. The summed E-state index contributed by atoms with van der Waals surface area (Å²) in [6, 6.07) is 17.8. The van der Waals surface area contributed by atoms with Gasteiger partial charge in [-0.15, -0.1) is 0 Å². The average Bonchev–Trinajstić information content (AvgIpc) is 2.86. The summed E-state index contributed by atoms with van der Waals surface area (Å²) in [4.78, 5) is 28.5. The fraction of sp³-hybridized carbons (Fsp3) is 0.440. The van der Waals surface area contributed by atoms with E-state index in [0.717, 1.165) is 55.7 Å². The number of benzene rings is 2. The molecule has 0 radical (unpaired) electrons. The van der Waals surface area contributed by atoms with E-state index in [9.17, 15) is 9.59 Å². The number of hydrazine groups is 1. The molecule has 1 saturated heterocycles. The lowest BCUT2D eigenvalue weighted by atomic mass is 10.0. The van der Waals surface area contributed by atoms with Crippen LogP contribution < -0.4 is 16.6 Å². The van der Waals surface area contributed by atoms with E-state index in [-0.39, 0.29) is 12.0 Å². The van der Waals surface area contributed by atoms with E-state index < -0.39 is 6.09 Å². The Labute approximate surface area is 196 Å². The van der Waals surface area contributed by atoms with E-state index in [1.54, 1.807) is 4.90 Å². The lowest BCUT2D eigenvalue weighted by molar-refractivity contribution is -0.130. The van der Waals surface area contributed by atoms with Gasteiger partial charge in [0.05, 0.1) is 5.69 Å². The smallest absolute Gasteiger partial charge is 0.426 e. The van der Waals surface area contributed by atoms with Crippen LogP contribution in [0.25, 0.3) is 11.1 Å². The minimum absolute atomic E-state index is 0.129. The zero-order chi connectivity index (χ0) is 23.5. The Kier molecular flexibility index (Phi) is 9.53. The molecule has 8 heteroatoms. The predicted octanol–water partition coefficient (Wildman–Crippen LogP) is 3.07. The lowest BCUT2D eigenvalue weighted by Gasteiger charge is -2.31. The molecule has 0 aromatic heterocycles. The predicted molar refractivity (Wildman–Crippen MR) is 131 cm³/mol. The molecule has 2 aromatic rings. The number of anilines is 1. The zero-order valence-corrected chi connectivity index (χ0v) is 19.3. The van der Waals surface area contributed by atoms with Gasteiger partial charge in [0.1, 0.15) is 6.10 Å². The summed E-state index contributed by atoms with van der Waals surface area (Å²) < 4.78 is 5.59. The molecule has 0 saturated carbocycles. The van der Waals surface area contributed by atoms with Crippen LogP contribution in [0.3, 0.4) is 0 Å². The first-order valence-electron chi connectivity index (χ1n) is 11.6. The van der Waals surface area contributed by atoms with E-state index in [4.69, 9.17) is 10.5 Å². The molecule has 0 atom stereocenters. The van der Waals surface area contributed by atoms with Crippen LogP contribution in [0.15, 0.2) is 54.6 Å². The molecule has 178 valence electrons. The Morgan fingerprint density at radius 1 is 1.09 bits per heavy atom. The topological polar surface area (TPSA) is 99.9 Å². The van der Waals surface area contributed by atoms with Crippen LogP contribution in [0.2, 0.25) is 0 Å². The number of rotatable bonds is 10. The van der Waals surface area contributed by atoms with Gasteiger partial charge in [0.2, 0.25) is 5.91 Å². The second-order valence-electron chi connectivity index (χ2n) is 8.32. The molecule has 1 aliphatic heterocycles. The summed E-state index contributed by atoms with van der Waals surface area (Å²) in [6.45, 7) is 3.63. The first kappa shape index (κ1) is 24.5. The summed E-state index contributed by atoms with van der Waals surface area (Å²) in [5.74, 6) is 0.142. The number of likely N-dealkylation sites (tertiary alicyclic amines) is 1. The minimum Gasteiger partial charge on any atom is -0.445 e.